The standard InChI is InChI=1S/C12H17NO3/c1-3-15-12(16-4-2)11(14)9-10-7-5-6-8-13-10/h5-8,12H,3-4,9H2,1-2H3. The number of aromatic nitrogens is 1. The molecular formula is C12H17NO3. The van der Waals surface area contributed by atoms with Crippen LogP contribution in [0.5, 0.6) is 0 Å². The molecule has 0 fully saturated rings. The maximum absolute atomic E-state index is 11.8. The first-order valence-electron chi connectivity index (χ1n) is 5.43. The fourth-order valence-corrected chi connectivity index (χ4v) is 1.30. The van der Waals surface area contributed by atoms with Crippen molar-refractivity contribution in [1.29, 1.82) is 0 Å². The quantitative estimate of drug-likeness (QED) is 0.659. The van der Waals surface area contributed by atoms with E-state index in [4.69, 9.17) is 9.47 Å². The fourth-order valence-electron chi connectivity index (χ4n) is 1.30. The lowest BCUT2D eigenvalue weighted by atomic mass is 10.2. The SMILES string of the molecule is CCOC(OCC)C(=O)Cc1ccccn1. The zero-order valence-corrected chi connectivity index (χ0v) is 9.68. The van der Waals surface area contributed by atoms with Gasteiger partial charge in [0.2, 0.25) is 6.29 Å². The molecule has 0 N–H and O–H groups in total. The molecule has 16 heavy (non-hydrogen) atoms. The number of carbonyl (C=O) groups excluding carboxylic acids is 1. The molecule has 1 rings (SSSR count). The highest BCUT2D eigenvalue weighted by Crippen LogP contribution is 2.03. The van der Waals surface area contributed by atoms with Gasteiger partial charge in [0.25, 0.3) is 0 Å². The summed E-state index contributed by atoms with van der Waals surface area (Å²) in [6.45, 7) is 4.58. The van der Waals surface area contributed by atoms with Crippen LogP contribution in [0.2, 0.25) is 0 Å². The second-order valence-corrected chi connectivity index (χ2v) is 3.21. The molecule has 1 aromatic heterocycles. The van der Waals surface area contributed by atoms with Crippen LogP contribution in [-0.4, -0.2) is 30.3 Å². The van der Waals surface area contributed by atoms with Crippen molar-refractivity contribution in [1.82, 2.24) is 4.98 Å². The van der Waals surface area contributed by atoms with Gasteiger partial charge < -0.3 is 9.47 Å². The molecule has 0 saturated carbocycles. The molecule has 0 aromatic carbocycles. The van der Waals surface area contributed by atoms with Crippen LogP contribution < -0.4 is 0 Å². The summed E-state index contributed by atoms with van der Waals surface area (Å²) in [5, 5.41) is 0. The van der Waals surface area contributed by atoms with E-state index in [1.54, 1.807) is 6.20 Å². The minimum atomic E-state index is -0.767. The Morgan fingerprint density at radius 3 is 2.50 bits per heavy atom. The van der Waals surface area contributed by atoms with E-state index in [2.05, 4.69) is 4.98 Å². The van der Waals surface area contributed by atoms with Crippen molar-refractivity contribution in [2.45, 2.75) is 26.6 Å². The fraction of sp³-hybridized carbons (Fsp3) is 0.500. The molecule has 4 nitrogen and oxygen atoms in total. The van der Waals surface area contributed by atoms with E-state index < -0.39 is 6.29 Å². The summed E-state index contributed by atoms with van der Waals surface area (Å²) in [6.07, 6.45) is 1.14. The van der Waals surface area contributed by atoms with Crippen molar-refractivity contribution < 1.29 is 14.3 Å². The average Bonchev–Trinajstić information content (AvgIpc) is 2.30. The van der Waals surface area contributed by atoms with Crippen LogP contribution in [0.25, 0.3) is 0 Å². The average molecular weight is 223 g/mol. The first-order valence-corrected chi connectivity index (χ1v) is 5.43. The third-order valence-electron chi connectivity index (χ3n) is 1.98. The summed E-state index contributed by atoms with van der Waals surface area (Å²) in [6, 6.07) is 5.48. The molecule has 0 aliphatic heterocycles. The summed E-state index contributed by atoms with van der Waals surface area (Å²) in [4.78, 5) is 15.9. The molecule has 0 aliphatic carbocycles. The molecule has 0 atom stereocenters. The van der Waals surface area contributed by atoms with Gasteiger partial charge in [0, 0.05) is 25.1 Å². The Hall–Kier alpha value is -1.26. The van der Waals surface area contributed by atoms with E-state index in [9.17, 15) is 4.79 Å². The van der Waals surface area contributed by atoms with E-state index in [1.165, 1.54) is 0 Å². The second-order valence-electron chi connectivity index (χ2n) is 3.21. The van der Waals surface area contributed by atoms with Gasteiger partial charge in [0.1, 0.15) is 0 Å². The van der Waals surface area contributed by atoms with Crippen LogP contribution in [0.1, 0.15) is 19.5 Å². The van der Waals surface area contributed by atoms with Crippen molar-refractivity contribution in [2.24, 2.45) is 0 Å². The normalized spacial score (nSPS) is 10.7. The van der Waals surface area contributed by atoms with E-state index in [1.807, 2.05) is 32.0 Å². The van der Waals surface area contributed by atoms with E-state index >= 15 is 0 Å². The van der Waals surface area contributed by atoms with Crippen LogP contribution in [0, 0.1) is 0 Å². The zero-order valence-electron chi connectivity index (χ0n) is 9.68. The largest absolute Gasteiger partial charge is 0.346 e. The lowest BCUT2D eigenvalue weighted by molar-refractivity contribution is -0.167. The number of hydrogen-bond acceptors (Lipinski definition) is 4. The molecule has 4 heteroatoms. The van der Waals surface area contributed by atoms with Crippen LogP contribution >= 0.6 is 0 Å². The van der Waals surface area contributed by atoms with Crippen molar-refractivity contribution in [3.63, 3.8) is 0 Å². The predicted molar refractivity (Wildman–Crippen MR) is 60.0 cm³/mol. The van der Waals surface area contributed by atoms with Crippen LogP contribution in [0.3, 0.4) is 0 Å². The molecule has 0 unspecified atom stereocenters. The van der Waals surface area contributed by atoms with Gasteiger partial charge in [-0.15, -0.1) is 0 Å². The second kappa shape index (κ2) is 7.09. The lowest BCUT2D eigenvalue weighted by Crippen LogP contribution is -2.29. The van der Waals surface area contributed by atoms with Crippen molar-refractivity contribution in [2.75, 3.05) is 13.2 Å². The van der Waals surface area contributed by atoms with Crippen molar-refractivity contribution in [3.8, 4) is 0 Å². The Morgan fingerprint density at radius 1 is 1.31 bits per heavy atom. The Bertz CT molecular complexity index is 307. The first kappa shape index (κ1) is 12.8. The first-order chi connectivity index (χ1) is 7.77. The number of ether oxygens (including phenoxy) is 2. The summed E-state index contributed by atoms with van der Waals surface area (Å²) in [5.41, 5.74) is 0.733. The summed E-state index contributed by atoms with van der Waals surface area (Å²) in [7, 11) is 0. The number of carbonyl (C=O) groups is 1. The molecule has 0 spiro atoms. The molecule has 1 aromatic rings. The number of ketones is 1. The molecule has 88 valence electrons. The van der Waals surface area contributed by atoms with Gasteiger partial charge in [0.05, 0.1) is 6.42 Å². The Balaban J connectivity index is 2.55. The van der Waals surface area contributed by atoms with Crippen LogP contribution in [0.15, 0.2) is 24.4 Å². The predicted octanol–water partition coefficient (Wildman–Crippen LogP) is 1.59. The molecule has 0 radical (unpaired) electrons. The van der Waals surface area contributed by atoms with Gasteiger partial charge >= 0.3 is 0 Å². The molecular weight excluding hydrogens is 206 g/mol. The highest BCUT2D eigenvalue weighted by Gasteiger charge is 2.19. The van der Waals surface area contributed by atoms with Crippen molar-refractivity contribution in [3.05, 3.63) is 30.1 Å². The minimum Gasteiger partial charge on any atom is -0.346 e. The van der Waals surface area contributed by atoms with Crippen LogP contribution in [-0.2, 0) is 20.7 Å². The maximum Gasteiger partial charge on any atom is 0.218 e. The third kappa shape index (κ3) is 4.08. The molecule has 0 amide bonds. The highest BCUT2D eigenvalue weighted by molar-refractivity contribution is 5.83. The maximum atomic E-state index is 11.8. The van der Waals surface area contributed by atoms with E-state index in [-0.39, 0.29) is 12.2 Å². The van der Waals surface area contributed by atoms with Gasteiger partial charge in [-0.3, -0.25) is 9.78 Å². The number of hydrogen-bond donors (Lipinski definition) is 0. The monoisotopic (exact) mass is 223 g/mol. The molecule has 1 heterocycles. The zero-order chi connectivity index (χ0) is 11.8. The Morgan fingerprint density at radius 2 is 2.00 bits per heavy atom. The van der Waals surface area contributed by atoms with Gasteiger partial charge in [0.15, 0.2) is 5.78 Å². The number of pyridine rings is 1. The van der Waals surface area contributed by atoms with E-state index in [0.29, 0.717) is 13.2 Å². The Kier molecular flexibility index (Phi) is 5.67. The van der Waals surface area contributed by atoms with Gasteiger partial charge in [-0.05, 0) is 26.0 Å². The number of Topliss-reactive ketones (excluding diaryl/α,β-unsaturated/α-hetero) is 1. The van der Waals surface area contributed by atoms with Gasteiger partial charge in [-0.2, -0.15) is 0 Å². The number of rotatable bonds is 7. The summed E-state index contributed by atoms with van der Waals surface area (Å²) < 4.78 is 10.4. The molecule has 0 aliphatic rings. The summed E-state index contributed by atoms with van der Waals surface area (Å²) >= 11 is 0. The lowest BCUT2D eigenvalue weighted by Gasteiger charge is -2.15. The molecule has 0 saturated heterocycles. The van der Waals surface area contributed by atoms with Crippen LogP contribution in [0.4, 0.5) is 0 Å². The van der Waals surface area contributed by atoms with Gasteiger partial charge in [-0.1, -0.05) is 6.07 Å². The smallest absolute Gasteiger partial charge is 0.218 e. The minimum absolute atomic E-state index is 0.0950. The number of nitrogens with zero attached hydrogens (tertiary/aromatic N) is 1. The topological polar surface area (TPSA) is 48.4 Å². The molecule has 0 bridgehead atoms. The van der Waals surface area contributed by atoms with Gasteiger partial charge in [-0.25, -0.2) is 0 Å². The highest BCUT2D eigenvalue weighted by atomic mass is 16.7. The van der Waals surface area contributed by atoms with Crippen molar-refractivity contribution >= 4 is 5.78 Å². The Labute approximate surface area is 95.6 Å². The third-order valence-corrected chi connectivity index (χ3v) is 1.98. The summed E-state index contributed by atoms with van der Waals surface area (Å²) in [5.74, 6) is -0.0950. The van der Waals surface area contributed by atoms with E-state index in [0.717, 1.165) is 5.69 Å².